The quantitative estimate of drug-likeness (QED) is 0.754. The minimum atomic E-state index is -0.741. The van der Waals surface area contributed by atoms with Crippen molar-refractivity contribution in [3.05, 3.63) is 0 Å². The van der Waals surface area contributed by atoms with Crippen LogP contribution in [0.3, 0.4) is 0 Å². The monoisotopic (exact) mass is 213 g/mol. The van der Waals surface area contributed by atoms with Gasteiger partial charge in [-0.05, 0) is 39.5 Å². The molecule has 0 aromatic rings. The summed E-state index contributed by atoms with van der Waals surface area (Å²) < 4.78 is 0. The lowest BCUT2D eigenvalue weighted by atomic mass is 9.75. The van der Waals surface area contributed by atoms with Gasteiger partial charge in [-0.3, -0.25) is 10.1 Å². The zero-order valence-electron chi connectivity index (χ0n) is 10.0. The van der Waals surface area contributed by atoms with E-state index >= 15 is 0 Å². The predicted octanol–water partition coefficient (Wildman–Crippen LogP) is 2.41. The number of hydrogen-bond donors (Lipinski definition) is 2. The maximum Gasteiger partial charge on any atom is 0.323 e. The summed E-state index contributed by atoms with van der Waals surface area (Å²) in [7, 11) is 0. The van der Waals surface area contributed by atoms with Gasteiger partial charge in [0.1, 0.15) is 5.54 Å². The Hall–Kier alpha value is -0.570. The second-order valence-electron chi connectivity index (χ2n) is 5.14. The Balaban J connectivity index is 2.74. The summed E-state index contributed by atoms with van der Waals surface area (Å²) >= 11 is 0. The Morgan fingerprint density at radius 3 is 2.27 bits per heavy atom. The summed E-state index contributed by atoms with van der Waals surface area (Å²) in [6.45, 7) is 5.85. The molecule has 1 rings (SSSR count). The minimum Gasteiger partial charge on any atom is -0.480 e. The van der Waals surface area contributed by atoms with Crippen molar-refractivity contribution < 1.29 is 9.90 Å². The van der Waals surface area contributed by atoms with Crippen LogP contribution >= 0.6 is 0 Å². The van der Waals surface area contributed by atoms with Gasteiger partial charge in [0, 0.05) is 6.04 Å². The molecule has 1 atom stereocenters. The Morgan fingerprint density at radius 1 is 1.33 bits per heavy atom. The Bertz CT molecular complexity index is 222. The summed E-state index contributed by atoms with van der Waals surface area (Å²) in [6.07, 6.45) is 5.69. The largest absolute Gasteiger partial charge is 0.480 e. The highest BCUT2D eigenvalue weighted by molar-refractivity contribution is 5.78. The third-order valence-electron chi connectivity index (χ3n) is 3.45. The van der Waals surface area contributed by atoms with Crippen molar-refractivity contribution in [1.29, 1.82) is 0 Å². The lowest BCUT2D eigenvalue weighted by Gasteiger charge is -2.38. The first-order valence-electron chi connectivity index (χ1n) is 5.98. The Kier molecular flexibility index (Phi) is 4.14. The van der Waals surface area contributed by atoms with E-state index < -0.39 is 11.5 Å². The van der Waals surface area contributed by atoms with Crippen molar-refractivity contribution in [2.75, 3.05) is 0 Å². The smallest absolute Gasteiger partial charge is 0.323 e. The van der Waals surface area contributed by atoms with E-state index in [-0.39, 0.29) is 12.0 Å². The maximum atomic E-state index is 11.4. The van der Waals surface area contributed by atoms with Crippen LogP contribution in [0.1, 0.15) is 52.9 Å². The molecule has 88 valence electrons. The molecule has 2 N–H and O–H groups in total. The molecule has 0 aliphatic heterocycles. The number of rotatable bonds is 4. The second kappa shape index (κ2) is 4.97. The average molecular weight is 213 g/mol. The van der Waals surface area contributed by atoms with Crippen LogP contribution in [-0.2, 0) is 4.79 Å². The molecule has 0 radical (unpaired) electrons. The van der Waals surface area contributed by atoms with E-state index in [0.29, 0.717) is 0 Å². The number of nitrogens with one attached hydrogen (secondary N) is 1. The summed E-state index contributed by atoms with van der Waals surface area (Å²) in [5.41, 5.74) is -0.741. The van der Waals surface area contributed by atoms with Gasteiger partial charge in [-0.25, -0.2) is 0 Å². The fourth-order valence-corrected chi connectivity index (χ4v) is 2.63. The lowest BCUT2D eigenvalue weighted by Crippen LogP contribution is -2.57. The van der Waals surface area contributed by atoms with Crippen molar-refractivity contribution in [3.8, 4) is 0 Å². The lowest BCUT2D eigenvalue weighted by molar-refractivity contribution is -0.147. The van der Waals surface area contributed by atoms with Crippen LogP contribution in [0.4, 0.5) is 0 Å². The molecule has 1 aliphatic rings. The topological polar surface area (TPSA) is 49.3 Å². The van der Waals surface area contributed by atoms with Crippen LogP contribution in [0, 0.1) is 5.92 Å². The Labute approximate surface area is 92.3 Å². The van der Waals surface area contributed by atoms with E-state index in [0.717, 1.165) is 12.8 Å². The standard InChI is InChI=1S/C12H23NO2/c1-9(2)13-12(3,11(14)15)10-7-5-4-6-8-10/h9-10,13H,4-8H2,1-3H3,(H,14,15). The molecule has 0 saturated heterocycles. The molecule has 0 amide bonds. The van der Waals surface area contributed by atoms with Crippen LogP contribution in [-0.4, -0.2) is 22.7 Å². The highest BCUT2D eigenvalue weighted by Crippen LogP contribution is 2.33. The number of carboxylic acid groups (broad SMARTS) is 1. The molecule has 1 unspecified atom stereocenters. The molecular weight excluding hydrogens is 190 g/mol. The van der Waals surface area contributed by atoms with Gasteiger partial charge < -0.3 is 5.11 Å². The molecule has 1 fully saturated rings. The first-order valence-corrected chi connectivity index (χ1v) is 5.98. The van der Waals surface area contributed by atoms with Gasteiger partial charge in [0.15, 0.2) is 0 Å². The van der Waals surface area contributed by atoms with E-state index in [1.165, 1.54) is 19.3 Å². The second-order valence-corrected chi connectivity index (χ2v) is 5.14. The van der Waals surface area contributed by atoms with E-state index in [2.05, 4.69) is 5.32 Å². The first-order chi connectivity index (χ1) is 6.97. The number of carboxylic acids is 1. The predicted molar refractivity (Wildman–Crippen MR) is 60.9 cm³/mol. The summed E-state index contributed by atoms with van der Waals surface area (Å²) in [6, 6.07) is 0.216. The van der Waals surface area contributed by atoms with Crippen LogP contribution in [0.25, 0.3) is 0 Å². The molecule has 15 heavy (non-hydrogen) atoms. The number of carbonyl (C=O) groups is 1. The average Bonchev–Trinajstić information content (AvgIpc) is 2.17. The van der Waals surface area contributed by atoms with Crippen molar-refractivity contribution in [3.63, 3.8) is 0 Å². The highest BCUT2D eigenvalue weighted by Gasteiger charge is 2.41. The van der Waals surface area contributed by atoms with Crippen molar-refractivity contribution in [2.45, 2.75) is 64.5 Å². The fraction of sp³-hybridized carbons (Fsp3) is 0.917. The van der Waals surface area contributed by atoms with Crippen LogP contribution in [0.2, 0.25) is 0 Å². The molecule has 1 aliphatic carbocycles. The van der Waals surface area contributed by atoms with Gasteiger partial charge in [-0.2, -0.15) is 0 Å². The van der Waals surface area contributed by atoms with E-state index in [4.69, 9.17) is 0 Å². The van der Waals surface area contributed by atoms with Crippen LogP contribution in [0.15, 0.2) is 0 Å². The molecule has 0 spiro atoms. The third-order valence-corrected chi connectivity index (χ3v) is 3.45. The zero-order valence-corrected chi connectivity index (χ0v) is 10.0. The molecule has 3 heteroatoms. The van der Waals surface area contributed by atoms with E-state index in [1.807, 2.05) is 20.8 Å². The summed E-state index contributed by atoms with van der Waals surface area (Å²) in [4.78, 5) is 11.4. The maximum absolute atomic E-state index is 11.4. The zero-order chi connectivity index (χ0) is 11.5. The number of aliphatic carboxylic acids is 1. The number of hydrogen-bond acceptors (Lipinski definition) is 2. The van der Waals surface area contributed by atoms with Gasteiger partial charge in [-0.1, -0.05) is 19.3 Å². The molecular formula is C12H23NO2. The minimum absolute atomic E-state index is 0.216. The van der Waals surface area contributed by atoms with Gasteiger partial charge in [0.05, 0.1) is 0 Å². The van der Waals surface area contributed by atoms with Crippen molar-refractivity contribution >= 4 is 5.97 Å². The van der Waals surface area contributed by atoms with E-state index in [9.17, 15) is 9.90 Å². The molecule has 0 bridgehead atoms. The van der Waals surface area contributed by atoms with Gasteiger partial charge in [0.2, 0.25) is 0 Å². The highest BCUT2D eigenvalue weighted by atomic mass is 16.4. The Morgan fingerprint density at radius 2 is 1.87 bits per heavy atom. The molecule has 1 saturated carbocycles. The van der Waals surface area contributed by atoms with Crippen molar-refractivity contribution in [1.82, 2.24) is 5.32 Å². The molecule has 0 heterocycles. The van der Waals surface area contributed by atoms with Gasteiger partial charge in [-0.15, -0.1) is 0 Å². The van der Waals surface area contributed by atoms with Crippen LogP contribution < -0.4 is 5.32 Å². The van der Waals surface area contributed by atoms with Crippen molar-refractivity contribution in [2.24, 2.45) is 5.92 Å². The fourth-order valence-electron chi connectivity index (χ4n) is 2.63. The first kappa shape index (κ1) is 12.5. The normalized spacial score (nSPS) is 22.7. The summed E-state index contributed by atoms with van der Waals surface area (Å²) in [5.74, 6) is -0.422. The third kappa shape index (κ3) is 2.94. The molecule has 0 aromatic heterocycles. The van der Waals surface area contributed by atoms with E-state index in [1.54, 1.807) is 0 Å². The SMILES string of the molecule is CC(C)NC(C)(C(=O)O)C1CCCCC1. The molecule has 0 aromatic carbocycles. The summed E-state index contributed by atoms with van der Waals surface area (Å²) in [5, 5.41) is 12.6. The van der Waals surface area contributed by atoms with Gasteiger partial charge in [0.25, 0.3) is 0 Å². The van der Waals surface area contributed by atoms with Gasteiger partial charge >= 0.3 is 5.97 Å². The molecule has 3 nitrogen and oxygen atoms in total. The van der Waals surface area contributed by atoms with Crippen LogP contribution in [0.5, 0.6) is 0 Å².